The molecule has 0 radical (unpaired) electrons. The van der Waals surface area contributed by atoms with Crippen LogP contribution in [0.2, 0.25) is 0 Å². The van der Waals surface area contributed by atoms with Gasteiger partial charge in [0, 0.05) is 11.4 Å². The maximum atomic E-state index is 10.7. The monoisotopic (exact) mass is 140 g/mol. The molecule has 1 aromatic heterocycles. The summed E-state index contributed by atoms with van der Waals surface area (Å²) in [5.41, 5.74) is 1.90. The first kappa shape index (κ1) is 7.12. The van der Waals surface area contributed by atoms with Crippen molar-refractivity contribution in [1.82, 2.24) is 9.97 Å². The molecule has 1 aromatic rings. The van der Waals surface area contributed by atoms with Gasteiger partial charge in [-0.3, -0.25) is 0 Å². The second-order valence-electron chi connectivity index (χ2n) is 2.43. The Hall–Kier alpha value is -0.990. The van der Waals surface area contributed by atoms with Gasteiger partial charge in [0.1, 0.15) is 0 Å². The summed E-state index contributed by atoms with van der Waals surface area (Å²) in [5, 5.41) is 0. The average Bonchev–Trinajstić information content (AvgIpc) is 2.13. The van der Waals surface area contributed by atoms with Crippen LogP contribution in [0.25, 0.3) is 0 Å². The summed E-state index contributed by atoms with van der Waals surface area (Å²) in [6, 6.07) is 0. The number of aryl methyl sites for hydroxylation is 2. The van der Waals surface area contributed by atoms with E-state index in [9.17, 15) is 4.79 Å². The highest BCUT2D eigenvalue weighted by Crippen LogP contribution is 1.99. The van der Waals surface area contributed by atoms with Gasteiger partial charge in [-0.25, -0.2) is 4.79 Å². The van der Waals surface area contributed by atoms with Gasteiger partial charge in [-0.2, -0.15) is 0 Å². The first-order chi connectivity index (χ1) is 4.74. The van der Waals surface area contributed by atoms with E-state index in [1.807, 2.05) is 6.92 Å². The van der Waals surface area contributed by atoms with Crippen molar-refractivity contribution < 1.29 is 0 Å². The highest BCUT2D eigenvalue weighted by Gasteiger charge is 1.98. The molecule has 10 heavy (non-hydrogen) atoms. The Balaban J connectivity index is 2.92. The lowest BCUT2D eigenvalue weighted by Crippen LogP contribution is -2.00. The van der Waals surface area contributed by atoms with Crippen LogP contribution < -0.4 is 5.69 Å². The Morgan fingerprint density at radius 2 is 2.10 bits per heavy atom. The van der Waals surface area contributed by atoms with Crippen LogP contribution in [0.4, 0.5) is 0 Å². The van der Waals surface area contributed by atoms with E-state index in [4.69, 9.17) is 0 Å². The third kappa shape index (κ3) is 1.29. The van der Waals surface area contributed by atoms with Gasteiger partial charge in [-0.15, -0.1) is 0 Å². The number of imidazole rings is 1. The van der Waals surface area contributed by atoms with Crippen LogP contribution in [0, 0.1) is 6.92 Å². The molecule has 0 atom stereocenters. The third-order valence-electron chi connectivity index (χ3n) is 1.52. The Labute approximate surface area is 59.5 Å². The third-order valence-corrected chi connectivity index (χ3v) is 1.52. The number of rotatable bonds is 2. The Bertz CT molecular complexity index is 259. The minimum absolute atomic E-state index is 0.0963. The molecular formula is C7H12N2O. The first-order valence-corrected chi connectivity index (χ1v) is 3.51. The molecule has 3 nitrogen and oxygen atoms in total. The van der Waals surface area contributed by atoms with Gasteiger partial charge in [0.25, 0.3) is 0 Å². The molecule has 56 valence electrons. The quantitative estimate of drug-likeness (QED) is 0.631. The Morgan fingerprint density at radius 1 is 1.40 bits per heavy atom. The molecule has 0 bridgehead atoms. The molecule has 0 aliphatic heterocycles. The summed E-state index contributed by atoms with van der Waals surface area (Å²) in [7, 11) is 0. The Kier molecular flexibility index (Phi) is 1.94. The topological polar surface area (TPSA) is 48.6 Å². The second kappa shape index (κ2) is 2.73. The van der Waals surface area contributed by atoms with Crippen LogP contribution in [0.1, 0.15) is 24.7 Å². The number of nitrogens with one attached hydrogen (secondary N) is 2. The number of hydrogen-bond acceptors (Lipinski definition) is 1. The Morgan fingerprint density at radius 3 is 2.50 bits per heavy atom. The van der Waals surface area contributed by atoms with Gasteiger partial charge in [-0.05, 0) is 13.3 Å². The molecule has 0 fully saturated rings. The van der Waals surface area contributed by atoms with E-state index in [1.54, 1.807) is 0 Å². The highest BCUT2D eigenvalue weighted by molar-refractivity contribution is 5.08. The zero-order chi connectivity index (χ0) is 7.56. The zero-order valence-electron chi connectivity index (χ0n) is 6.32. The summed E-state index contributed by atoms with van der Waals surface area (Å²) < 4.78 is 0. The summed E-state index contributed by atoms with van der Waals surface area (Å²) in [6.07, 6.45) is 2.01. The van der Waals surface area contributed by atoms with Gasteiger partial charge < -0.3 is 9.97 Å². The van der Waals surface area contributed by atoms with E-state index >= 15 is 0 Å². The maximum Gasteiger partial charge on any atom is 0.323 e. The van der Waals surface area contributed by atoms with Gasteiger partial charge in [0.2, 0.25) is 0 Å². The van der Waals surface area contributed by atoms with Crippen molar-refractivity contribution in [3.63, 3.8) is 0 Å². The molecule has 0 unspecified atom stereocenters. The van der Waals surface area contributed by atoms with Gasteiger partial charge in [0.05, 0.1) is 0 Å². The molecule has 0 spiro atoms. The zero-order valence-corrected chi connectivity index (χ0v) is 6.32. The second-order valence-corrected chi connectivity index (χ2v) is 2.43. The van der Waals surface area contributed by atoms with E-state index in [0.717, 1.165) is 24.2 Å². The number of aromatic amines is 2. The van der Waals surface area contributed by atoms with Gasteiger partial charge in [-0.1, -0.05) is 13.3 Å². The van der Waals surface area contributed by atoms with E-state index in [0.29, 0.717) is 0 Å². The number of H-pyrrole nitrogens is 2. The molecule has 1 heterocycles. The minimum Gasteiger partial charge on any atom is -0.310 e. The van der Waals surface area contributed by atoms with E-state index in [2.05, 4.69) is 16.9 Å². The van der Waals surface area contributed by atoms with Gasteiger partial charge >= 0.3 is 5.69 Å². The van der Waals surface area contributed by atoms with Crippen LogP contribution in [-0.4, -0.2) is 9.97 Å². The van der Waals surface area contributed by atoms with Crippen molar-refractivity contribution in [3.05, 3.63) is 21.9 Å². The smallest absolute Gasteiger partial charge is 0.310 e. The predicted molar refractivity (Wildman–Crippen MR) is 40.1 cm³/mol. The molecule has 0 aromatic carbocycles. The van der Waals surface area contributed by atoms with Crippen LogP contribution in [0.3, 0.4) is 0 Å². The molecule has 0 aliphatic rings. The molecule has 0 saturated carbocycles. The molecule has 0 aliphatic carbocycles. The molecular weight excluding hydrogens is 128 g/mol. The largest absolute Gasteiger partial charge is 0.323 e. The summed E-state index contributed by atoms with van der Waals surface area (Å²) >= 11 is 0. The van der Waals surface area contributed by atoms with E-state index in [-0.39, 0.29) is 5.69 Å². The normalized spacial score (nSPS) is 10.2. The van der Waals surface area contributed by atoms with Crippen molar-refractivity contribution in [3.8, 4) is 0 Å². The molecule has 3 heteroatoms. The van der Waals surface area contributed by atoms with Crippen molar-refractivity contribution in [2.45, 2.75) is 26.7 Å². The fourth-order valence-corrected chi connectivity index (χ4v) is 1.01. The average molecular weight is 140 g/mol. The van der Waals surface area contributed by atoms with Crippen molar-refractivity contribution in [1.29, 1.82) is 0 Å². The van der Waals surface area contributed by atoms with E-state index < -0.39 is 0 Å². The summed E-state index contributed by atoms with van der Waals surface area (Å²) in [5.74, 6) is 0. The lowest BCUT2D eigenvalue weighted by Gasteiger charge is -1.91. The fraction of sp³-hybridized carbons (Fsp3) is 0.571. The molecule has 2 N–H and O–H groups in total. The summed E-state index contributed by atoms with van der Waals surface area (Å²) in [6.45, 7) is 3.99. The van der Waals surface area contributed by atoms with Crippen molar-refractivity contribution in [2.75, 3.05) is 0 Å². The minimum atomic E-state index is -0.0963. The first-order valence-electron chi connectivity index (χ1n) is 3.51. The van der Waals surface area contributed by atoms with Crippen LogP contribution >= 0.6 is 0 Å². The predicted octanol–water partition coefficient (Wildman–Crippen LogP) is 0.964. The molecule has 0 amide bonds. The number of hydrogen-bond donors (Lipinski definition) is 2. The van der Waals surface area contributed by atoms with Crippen LogP contribution in [-0.2, 0) is 6.42 Å². The number of aromatic nitrogens is 2. The van der Waals surface area contributed by atoms with Crippen molar-refractivity contribution >= 4 is 0 Å². The molecule has 1 rings (SSSR count). The van der Waals surface area contributed by atoms with Crippen molar-refractivity contribution in [2.24, 2.45) is 0 Å². The maximum absolute atomic E-state index is 10.7. The highest BCUT2D eigenvalue weighted by atomic mass is 16.1. The SMILES string of the molecule is CCCc1[nH]c(=O)[nH]c1C. The van der Waals surface area contributed by atoms with Crippen LogP contribution in [0.15, 0.2) is 4.79 Å². The standard InChI is InChI=1S/C7H12N2O/c1-3-4-6-5(2)8-7(10)9-6/h3-4H2,1-2H3,(H2,8,9,10). The lowest BCUT2D eigenvalue weighted by atomic mass is 10.2. The van der Waals surface area contributed by atoms with E-state index in [1.165, 1.54) is 0 Å². The molecule has 0 saturated heterocycles. The fourth-order valence-electron chi connectivity index (χ4n) is 1.01. The van der Waals surface area contributed by atoms with Crippen LogP contribution in [0.5, 0.6) is 0 Å². The summed E-state index contributed by atoms with van der Waals surface area (Å²) in [4.78, 5) is 16.1. The van der Waals surface area contributed by atoms with Gasteiger partial charge in [0.15, 0.2) is 0 Å². The lowest BCUT2D eigenvalue weighted by molar-refractivity contribution is 0.880.